The van der Waals surface area contributed by atoms with Gasteiger partial charge in [0.05, 0.1) is 17.6 Å². The zero-order valence-corrected chi connectivity index (χ0v) is 16.7. The summed E-state index contributed by atoms with van der Waals surface area (Å²) in [6.07, 6.45) is 4.72. The number of hydrogen-bond donors (Lipinski definition) is 0. The number of non-ortho nitro benzene ring substituents is 1. The highest BCUT2D eigenvalue weighted by atomic mass is 19.1. The molecule has 2 aromatic rings. The van der Waals surface area contributed by atoms with E-state index in [-0.39, 0.29) is 35.2 Å². The number of benzene rings is 2. The number of carbonyl (C=O) groups is 2. The van der Waals surface area contributed by atoms with Crippen molar-refractivity contribution in [2.24, 2.45) is 0 Å². The molecule has 1 fully saturated rings. The number of nitro benzene ring substituents is 1. The monoisotopic (exact) mass is 414 g/mol. The van der Waals surface area contributed by atoms with Crippen molar-refractivity contribution < 1.29 is 23.6 Å². The van der Waals surface area contributed by atoms with E-state index in [0.29, 0.717) is 0 Å². The van der Waals surface area contributed by atoms with Gasteiger partial charge >= 0.3 is 5.97 Å². The zero-order chi connectivity index (χ0) is 21.7. The second-order valence-corrected chi connectivity index (χ2v) is 7.37. The summed E-state index contributed by atoms with van der Waals surface area (Å²) in [5, 5.41) is 11.3. The Morgan fingerprint density at radius 3 is 2.33 bits per heavy atom. The van der Waals surface area contributed by atoms with Gasteiger partial charge in [-0.3, -0.25) is 14.9 Å². The van der Waals surface area contributed by atoms with Gasteiger partial charge in [0, 0.05) is 30.3 Å². The smallest absolute Gasteiger partial charge is 0.338 e. The molecular formula is C22H23FN2O5. The molecule has 1 saturated carbocycles. The normalized spacial score (nSPS) is 14.2. The molecule has 1 amide bonds. The van der Waals surface area contributed by atoms with Crippen LogP contribution in [0.15, 0.2) is 42.5 Å². The van der Waals surface area contributed by atoms with Crippen molar-refractivity contribution in [3.63, 3.8) is 0 Å². The summed E-state index contributed by atoms with van der Waals surface area (Å²) in [5.41, 5.74) is 0.401. The lowest BCUT2D eigenvalue weighted by Crippen LogP contribution is -2.41. The number of nitrogens with zero attached hydrogens (tertiary/aromatic N) is 2. The van der Waals surface area contributed by atoms with Crippen molar-refractivity contribution in [2.45, 2.75) is 44.7 Å². The van der Waals surface area contributed by atoms with Crippen LogP contribution in [-0.4, -0.2) is 34.9 Å². The van der Waals surface area contributed by atoms with Crippen molar-refractivity contribution >= 4 is 17.6 Å². The second kappa shape index (κ2) is 9.47. The van der Waals surface area contributed by atoms with Crippen LogP contribution in [0.1, 0.15) is 58.4 Å². The first kappa shape index (κ1) is 21.4. The molecule has 0 N–H and O–H groups in total. The fraction of sp³-hybridized carbons (Fsp3) is 0.364. The molecule has 0 spiro atoms. The largest absolute Gasteiger partial charge is 0.465 e. The number of methoxy groups -OCH3 is 1. The summed E-state index contributed by atoms with van der Waals surface area (Å²) < 4.78 is 18.0. The van der Waals surface area contributed by atoms with E-state index in [4.69, 9.17) is 0 Å². The van der Waals surface area contributed by atoms with E-state index in [1.807, 2.05) is 0 Å². The Balaban J connectivity index is 1.98. The number of amides is 1. The van der Waals surface area contributed by atoms with Crippen LogP contribution in [0.25, 0.3) is 0 Å². The van der Waals surface area contributed by atoms with E-state index >= 15 is 0 Å². The number of esters is 1. The number of nitro groups is 1. The van der Waals surface area contributed by atoms with Crippen LogP contribution in [-0.2, 0) is 11.3 Å². The Bertz CT molecular complexity index is 939. The lowest BCUT2D eigenvalue weighted by atomic mass is 9.93. The van der Waals surface area contributed by atoms with Gasteiger partial charge in [-0.05, 0) is 36.6 Å². The van der Waals surface area contributed by atoms with Crippen LogP contribution in [0.3, 0.4) is 0 Å². The molecular weight excluding hydrogens is 391 g/mol. The highest BCUT2D eigenvalue weighted by Gasteiger charge is 2.28. The Kier molecular flexibility index (Phi) is 6.76. The van der Waals surface area contributed by atoms with Gasteiger partial charge in [-0.2, -0.15) is 0 Å². The molecule has 7 nitrogen and oxygen atoms in total. The van der Waals surface area contributed by atoms with Crippen LogP contribution >= 0.6 is 0 Å². The maximum absolute atomic E-state index is 13.4. The minimum absolute atomic E-state index is 0.0304. The van der Waals surface area contributed by atoms with E-state index < -0.39 is 16.8 Å². The molecule has 0 unspecified atom stereocenters. The minimum atomic E-state index is -0.754. The number of ether oxygens (including phenoxy) is 1. The van der Waals surface area contributed by atoms with E-state index in [2.05, 4.69) is 4.74 Å². The molecule has 0 bridgehead atoms. The summed E-state index contributed by atoms with van der Waals surface area (Å²) in [7, 11) is 1.17. The molecule has 0 saturated heterocycles. The third kappa shape index (κ3) is 5.00. The van der Waals surface area contributed by atoms with E-state index in [0.717, 1.165) is 43.7 Å². The van der Waals surface area contributed by atoms with Crippen LogP contribution in [0.5, 0.6) is 0 Å². The van der Waals surface area contributed by atoms with Crippen LogP contribution < -0.4 is 0 Å². The van der Waals surface area contributed by atoms with Gasteiger partial charge in [0.2, 0.25) is 0 Å². The first-order valence-electron chi connectivity index (χ1n) is 9.82. The number of hydrogen-bond acceptors (Lipinski definition) is 5. The topological polar surface area (TPSA) is 89.8 Å². The Hall–Kier alpha value is -3.29. The SMILES string of the molecule is COC(=O)c1cc(C(=O)N(Cc2ccc(F)cc2)C2CCCCC2)cc([N+](=O)[O-])c1. The Morgan fingerprint density at radius 2 is 1.73 bits per heavy atom. The Labute approximate surface area is 173 Å². The minimum Gasteiger partial charge on any atom is -0.465 e. The number of halogens is 1. The summed E-state index contributed by atoms with van der Waals surface area (Å²) in [6.45, 7) is 0.250. The fourth-order valence-corrected chi connectivity index (χ4v) is 3.79. The molecule has 158 valence electrons. The molecule has 3 rings (SSSR count). The summed E-state index contributed by atoms with van der Waals surface area (Å²) >= 11 is 0. The van der Waals surface area contributed by atoms with Gasteiger partial charge in [-0.15, -0.1) is 0 Å². The van der Waals surface area contributed by atoms with Gasteiger partial charge in [0.25, 0.3) is 11.6 Å². The summed E-state index contributed by atoms with van der Waals surface area (Å²) in [4.78, 5) is 37.7. The molecule has 0 heterocycles. The third-order valence-corrected chi connectivity index (χ3v) is 5.34. The second-order valence-electron chi connectivity index (χ2n) is 7.37. The maximum Gasteiger partial charge on any atom is 0.338 e. The van der Waals surface area contributed by atoms with E-state index in [1.165, 1.54) is 31.4 Å². The molecule has 0 atom stereocenters. The molecule has 1 aliphatic rings. The first-order chi connectivity index (χ1) is 14.4. The van der Waals surface area contributed by atoms with Gasteiger partial charge < -0.3 is 9.64 Å². The predicted octanol–water partition coefficient (Wildman–Crippen LogP) is 4.50. The summed E-state index contributed by atoms with van der Waals surface area (Å²) in [5.74, 6) is -1.52. The molecule has 30 heavy (non-hydrogen) atoms. The molecule has 0 aromatic heterocycles. The fourth-order valence-electron chi connectivity index (χ4n) is 3.79. The molecule has 0 radical (unpaired) electrons. The van der Waals surface area contributed by atoms with Gasteiger partial charge in [0.15, 0.2) is 0 Å². The third-order valence-electron chi connectivity index (χ3n) is 5.34. The zero-order valence-electron chi connectivity index (χ0n) is 16.7. The summed E-state index contributed by atoms with van der Waals surface area (Å²) in [6, 6.07) is 9.46. The standard InChI is InChI=1S/C22H23FN2O5/c1-30-22(27)17-11-16(12-20(13-17)25(28)29)21(26)24(19-5-3-2-4-6-19)14-15-7-9-18(23)10-8-15/h7-13,19H,2-6,14H2,1H3. The lowest BCUT2D eigenvalue weighted by Gasteiger charge is -2.34. The average Bonchev–Trinajstić information content (AvgIpc) is 2.77. The lowest BCUT2D eigenvalue weighted by molar-refractivity contribution is -0.384. The maximum atomic E-state index is 13.4. The van der Waals surface area contributed by atoms with Crippen LogP contribution in [0, 0.1) is 15.9 Å². The molecule has 0 aliphatic heterocycles. The van der Waals surface area contributed by atoms with E-state index in [9.17, 15) is 24.1 Å². The number of rotatable bonds is 6. The van der Waals surface area contributed by atoms with E-state index in [1.54, 1.807) is 17.0 Å². The molecule has 2 aromatic carbocycles. The van der Waals surface area contributed by atoms with Crippen LogP contribution in [0.4, 0.5) is 10.1 Å². The van der Waals surface area contributed by atoms with Crippen molar-refractivity contribution in [2.75, 3.05) is 7.11 Å². The van der Waals surface area contributed by atoms with Crippen LogP contribution in [0.2, 0.25) is 0 Å². The molecule has 8 heteroatoms. The van der Waals surface area contributed by atoms with Gasteiger partial charge in [-0.1, -0.05) is 31.4 Å². The van der Waals surface area contributed by atoms with Crippen molar-refractivity contribution in [1.29, 1.82) is 0 Å². The molecule has 1 aliphatic carbocycles. The predicted molar refractivity (Wildman–Crippen MR) is 108 cm³/mol. The van der Waals surface area contributed by atoms with Crippen molar-refractivity contribution in [3.8, 4) is 0 Å². The first-order valence-corrected chi connectivity index (χ1v) is 9.82. The van der Waals surface area contributed by atoms with Crippen molar-refractivity contribution in [3.05, 3.63) is 75.1 Å². The van der Waals surface area contributed by atoms with Gasteiger partial charge in [-0.25, -0.2) is 9.18 Å². The number of carbonyl (C=O) groups excluding carboxylic acids is 2. The highest BCUT2D eigenvalue weighted by Crippen LogP contribution is 2.27. The average molecular weight is 414 g/mol. The Morgan fingerprint density at radius 1 is 1.10 bits per heavy atom. The highest BCUT2D eigenvalue weighted by molar-refractivity contribution is 5.99. The van der Waals surface area contributed by atoms with Gasteiger partial charge in [0.1, 0.15) is 5.82 Å². The quantitative estimate of drug-likeness (QED) is 0.395. The van der Waals surface area contributed by atoms with Crippen molar-refractivity contribution in [1.82, 2.24) is 4.90 Å².